The quantitative estimate of drug-likeness (QED) is 0.679. The highest BCUT2D eigenvalue weighted by Crippen LogP contribution is 2.42. The number of carbonyl (C=O) groups excluding carboxylic acids is 1. The highest BCUT2D eigenvalue weighted by Gasteiger charge is 2.43. The minimum absolute atomic E-state index is 0.000586. The Morgan fingerprint density at radius 1 is 1.11 bits per heavy atom. The van der Waals surface area contributed by atoms with Crippen molar-refractivity contribution < 1.29 is 4.79 Å². The van der Waals surface area contributed by atoms with Gasteiger partial charge in [-0.05, 0) is 23.1 Å². The van der Waals surface area contributed by atoms with Gasteiger partial charge in [0.15, 0.2) is 11.0 Å². The fourth-order valence-electron chi connectivity index (χ4n) is 4.17. The maximum absolute atomic E-state index is 13.2. The molecule has 0 radical (unpaired) electrons. The second-order valence-corrected chi connectivity index (χ2v) is 8.41. The molecule has 0 N–H and O–H groups in total. The first-order valence-corrected chi connectivity index (χ1v) is 10.6. The van der Waals surface area contributed by atoms with Crippen LogP contribution in [0.2, 0.25) is 0 Å². The molecule has 0 fully saturated rings. The van der Waals surface area contributed by atoms with Gasteiger partial charge in [0.2, 0.25) is 0 Å². The summed E-state index contributed by atoms with van der Waals surface area (Å²) in [5, 5.41) is 4.91. The van der Waals surface area contributed by atoms with Crippen LogP contribution >= 0.6 is 11.8 Å². The number of hydrogen-bond donors (Lipinski definition) is 0. The van der Waals surface area contributed by atoms with Gasteiger partial charge in [0, 0.05) is 19.5 Å². The molecule has 2 aliphatic rings. The topological polar surface area (TPSA) is 51.0 Å². The summed E-state index contributed by atoms with van der Waals surface area (Å²) >= 11 is 1.56. The molecular formula is C22H22N4OS. The first kappa shape index (κ1) is 17.6. The fraction of sp³-hybridized carbons (Fsp3) is 0.318. The largest absolute Gasteiger partial charge is 0.290 e. The van der Waals surface area contributed by atoms with Crippen molar-refractivity contribution in [2.75, 3.05) is 6.54 Å². The van der Waals surface area contributed by atoms with E-state index >= 15 is 0 Å². The molecular weight excluding hydrogens is 368 g/mol. The molecule has 0 amide bonds. The van der Waals surface area contributed by atoms with Gasteiger partial charge in [-0.1, -0.05) is 73.3 Å². The number of aromatic nitrogens is 3. The summed E-state index contributed by atoms with van der Waals surface area (Å²) < 4.78 is 1.52. The van der Waals surface area contributed by atoms with E-state index in [-0.39, 0.29) is 17.2 Å². The van der Waals surface area contributed by atoms with E-state index < -0.39 is 0 Å². The highest BCUT2D eigenvalue weighted by atomic mass is 32.2. The van der Waals surface area contributed by atoms with Crippen molar-refractivity contribution in [1.29, 1.82) is 0 Å². The Morgan fingerprint density at radius 2 is 1.86 bits per heavy atom. The second kappa shape index (κ2) is 7.18. The van der Waals surface area contributed by atoms with E-state index in [9.17, 15) is 4.79 Å². The summed E-state index contributed by atoms with van der Waals surface area (Å²) in [6.07, 6.45) is 1.75. The van der Waals surface area contributed by atoms with Gasteiger partial charge in [0.25, 0.3) is 5.91 Å². The molecule has 142 valence electrons. The molecule has 2 unspecified atom stereocenters. The SMILES string of the molecule is CCc1nc2n(n1)C(=O)C(C(c1ccccc1)N1CCc3ccccc3C1)S2. The van der Waals surface area contributed by atoms with Crippen LogP contribution in [0.3, 0.4) is 0 Å². The summed E-state index contributed by atoms with van der Waals surface area (Å²) in [5.74, 6) is 0.775. The standard InChI is InChI=1S/C22H22N4OS/c1-2-18-23-22-26(24-18)21(27)20(28-22)19(16-9-4-3-5-10-16)25-13-12-15-8-6-7-11-17(15)14-25/h3-11,19-20H,2,12-14H2,1H3. The first-order chi connectivity index (χ1) is 13.7. The van der Waals surface area contributed by atoms with Gasteiger partial charge in [-0.25, -0.2) is 4.98 Å². The monoisotopic (exact) mass is 390 g/mol. The van der Waals surface area contributed by atoms with Gasteiger partial charge < -0.3 is 0 Å². The van der Waals surface area contributed by atoms with E-state index in [4.69, 9.17) is 0 Å². The van der Waals surface area contributed by atoms with Crippen molar-refractivity contribution >= 4 is 17.7 Å². The van der Waals surface area contributed by atoms with E-state index in [0.29, 0.717) is 0 Å². The smallest absolute Gasteiger partial charge is 0.264 e. The molecule has 6 heteroatoms. The minimum Gasteiger partial charge on any atom is -0.290 e. The van der Waals surface area contributed by atoms with Crippen LogP contribution in [0.1, 0.15) is 40.3 Å². The minimum atomic E-state index is -0.228. The highest BCUT2D eigenvalue weighted by molar-refractivity contribution is 8.00. The zero-order valence-corrected chi connectivity index (χ0v) is 16.6. The van der Waals surface area contributed by atoms with Crippen LogP contribution in [0.4, 0.5) is 0 Å². The van der Waals surface area contributed by atoms with E-state index in [2.05, 4.69) is 63.5 Å². The van der Waals surface area contributed by atoms with E-state index in [1.54, 1.807) is 11.8 Å². The lowest BCUT2D eigenvalue weighted by Crippen LogP contribution is -2.41. The molecule has 2 atom stereocenters. The Morgan fingerprint density at radius 3 is 2.61 bits per heavy atom. The van der Waals surface area contributed by atoms with Crippen molar-refractivity contribution in [3.05, 3.63) is 77.1 Å². The molecule has 3 aromatic rings. The maximum atomic E-state index is 13.2. The van der Waals surface area contributed by atoms with Crippen molar-refractivity contribution in [3.63, 3.8) is 0 Å². The Hall–Kier alpha value is -2.44. The first-order valence-electron chi connectivity index (χ1n) is 9.77. The molecule has 0 saturated carbocycles. The van der Waals surface area contributed by atoms with Crippen molar-refractivity contribution in [3.8, 4) is 0 Å². The van der Waals surface area contributed by atoms with Crippen LogP contribution in [0.15, 0.2) is 59.8 Å². The molecule has 2 aromatic carbocycles. The molecule has 0 bridgehead atoms. The van der Waals surface area contributed by atoms with Gasteiger partial charge in [-0.2, -0.15) is 4.68 Å². The fourth-order valence-corrected chi connectivity index (χ4v) is 5.45. The molecule has 1 aromatic heterocycles. The Balaban J connectivity index is 1.50. The number of hydrogen-bond acceptors (Lipinski definition) is 5. The van der Waals surface area contributed by atoms with Crippen LogP contribution in [0.5, 0.6) is 0 Å². The summed E-state index contributed by atoms with van der Waals surface area (Å²) in [6.45, 7) is 3.81. The van der Waals surface area contributed by atoms with E-state index in [1.165, 1.54) is 21.4 Å². The lowest BCUT2D eigenvalue weighted by atomic mass is 9.94. The lowest BCUT2D eigenvalue weighted by Gasteiger charge is -2.37. The van der Waals surface area contributed by atoms with Crippen LogP contribution in [-0.4, -0.2) is 37.4 Å². The van der Waals surface area contributed by atoms with Crippen LogP contribution in [0, 0.1) is 0 Å². The second-order valence-electron chi connectivity index (χ2n) is 7.30. The molecule has 28 heavy (non-hydrogen) atoms. The number of carbonyl (C=O) groups is 1. The molecule has 0 spiro atoms. The number of thioether (sulfide) groups is 1. The zero-order chi connectivity index (χ0) is 19.1. The maximum Gasteiger partial charge on any atom is 0.264 e. The Kier molecular flexibility index (Phi) is 4.53. The molecule has 2 aliphatic heterocycles. The van der Waals surface area contributed by atoms with Gasteiger partial charge in [0.1, 0.15) is 5.25 Å². The number of rotatable bonds is 4. The van der Waals surface area contributed by atoms with Gasteiger partial charge in [0.05, 0.1) is 6.04 Å². The molecule has 3 heterocycles. The van der Waals surface area contributed by atoms with E-state index in [1.807, 2.05) is 13.0 Å². The third-order valence-electron chi connectivity index (χ3n) is 5.60. The van der Waals surface area contributed by atoms with Crippen molar-refractivity contribution in [1.82, 2.24) is 19.7 Å². The molecule has 5 rings (SSSR count). The number of aryl methyl sites for hydroxylation is 1. The van der Waals surface area contributed by atoms with Crippen LogP contribution < -0.4 is 0 Å². The summed E-state index contributed by atoms with van der Waals surface area (Å²) in [4.78, 5) is 20.2. The lowest BCUT2D eigenvalue weighted by molar-refractivity contribution is 0.0824. The third-order valence-corrected chi connectivity index (χ3v) is 6.79. The summed E-state index contributed by atoms with van der Waals surface area (Å²) in [6, 6.07) is 19.0. The van der Waals surface area contributed by atoms with Crippen molar-refractivity contribution in [2.45, 2.75) is 42.8 Å². The Labute approximate surface area is 168 Å². The van der Waals surface area contributed by atoms with Crippen molar-refractivity contribution in [2.24, 2.45) is 0 Å². The van der Waals surface area contributed by atoms with Gasteiger partial charge >= 0.3 is 0 Å². The van der Waals surface area contributed by atoms with Crippen LogP contribution in [0.25, 0.3) is 0 Å². The zero-order valence-electron chi connectivity index (χ0n) is 15.8. The summed E-state index contributed by atoms with van der Waals surface area (Å²) in [7, 11) is 0. The molecule has 0 saturated heterocycles. The van der Waals surface area contributed by atoms with Crippen LogP contribution in [-0.2, 0) is 19.4 Å². The predicted octanol–water partition coefficient (Wildman–Crippen LogP) is 3.75. The number of fused-ring (bicyclic) bond motifs is 2. The third kappa shape index (κ3) is 2.97. The van der Waals surface area contributed by atoms with E-state index in [0.717, 1.165) is 36.9 Å². The Bertz CT molecular complexity index is 1020. The molecule has 5 nitrogen and oxygen atoms in total. The summed E-state index contributed by atoms with van der Waals surface area (Å²) in [5.41, 5.74) is 3.95. The normalized spacial score (nSPS) is 20.0. The van der Waals surface area contributed by atoms with Gasteiger partial charge in [-0.15, -0.1) is 5.10 Å². The average molecular weight is 391 g/mol. The number of benzene rings is 2. The molecule has 0 aliphatic carbocycles. The number of nitrogens with zero attached hydrogens (tertiary/aromatic N) is 4. The predicted molar refractivity (Wildman–Crippen MR) is 109 cm³/mol. The average Bonchev–Trinajstić information content (AvgIpc) is 3.28. The van der Waals surface area contributed by atoms with Gasteiger partial charge in [-0.3, -0.25) is 9.69 Å².